The number of furan rings is 1. The Kier molecular flexibility index (Phi) is 5.53. The fourth-order valence-corrected chi connectivity index (χ4v) is 4.19. The molecule has 0 fully saturated rings. The second-order valence-electron chi connectivity index (χ2n) is 8.25. The molecule has 0 saturated heterocycles. The van der Waals surface area contributed by atoms with Gasteiger partial charge in [0.1, 0.15) is 11.5 Å². The van der Waals surface area contributed by atoms with Crippen LogP contribution < -0.4 is 5.32 Å². The highest BCUT2D eigenvalue weighted by molar-refractivity contribution is 6.05. The van der Waals surface area contributed by atoms with E-state index in [1.807, 2.05) is 96.8 Å². The molecule has 5 nitrogen and oxygen atoms in total. The van der Waals surface area contributed by atoms with E-state index in [1.54, 1.807) is 0 Å². The van der Waals surface area contributed by atoms with Gasteiger partial charge in [-0.15, -0.1) is 0 Å². The standard InChI is InChI=1S/C28H24N2O3/c1-19-8-5-6-13-24(19)27(31)29-23-12-7-11-21(16-23)26-17-22-18-30(15-14-25(22)33-26)28(32)20-9-3-2-4-10-20/h2-13,16-17H,14-15,18H2,1H3,(H,29,31). The predicted molar refractivity (Wildman–Crippen MR) is 128 cm³/mol. The van der Waals surface area contributed by atoms with Gasteiger partial charge in [-0.3, -0.25) is 9.59 Å². The van der Waals surface area contributed by atoms with Crippen LogP contribution in [0.25, 0.3) is 11.3 Å². The number of hydrogen-bond acceptors (Lipinski definition) is 3. The van der Waals surface area contributed by atoms with Gasteiger partial charge in [0, 0.05) is 47.5 Å². The van der Waals surface area contributed by atoms with Gasteiger partial charge in [0.2, 0.25) is 0 Å². The molecule has 0 aliphatic carbocycles. The zero-order chi connectivity index (χ0) is 22.8. The first-order chi connectivity index (χ1) is 16.1. The van der Waals surface area contributed by atoms with Crippen molar-refractivity contribution in [2.75, 3.05) is 11.9 Å². The van der Waals surface area contributed by atoms with Gasteiger partial charge in [0.15, 0.2) is 0 Å². The number of fused-ring (bicyclic) bond motifs is 1. The lowest BCUT2D eigenvalue weighted by molar-refractivity contribution is 0.0730. The minimum atomic E-state index is -0.140. The topological polar surface area (TPSA) is 62.6 Å². The van der Waals surface area contributed by atoms with E-state index < -0.39 is 0 Å². The molecule has 0 radical (unpaired) electrons. The predicted octanol–water partition coefficient (Wildman–Crippen LogP) is 5.71. The molecule has 5 rings (SSSR count). The molecule has 1 aliphatic rings. The molecule has 0 spiro atoms. The summed E-state index contributed by atoms with van der Waals surface area (Å²) in [5.41, 5.74) is 4.89. The Labute approximate surface area is 192 Å². The fraction of sp³-hybridized carbons (Fsp3) is 0.143. The van der Waals surface area contributed by atoms with Crippen molar-refractivity contribution in [3.8, 4) is 11.3 Å². The molecule has 0 unspecified atom stereocenters. The van der Waals surface area contributed by atoms with Crippen LogP contribution in [-0.2, 0) is 13.0 Å². The van der Waals surface area contributed by atoms with Gasteiger partial charge < -0.3 is 14.6 Å². The molecule has 1 N–H and O–H groups in total. The molecule has 33 heavy (non-hydrogen) atoms. The lowest BCUT2D eigenvalue weighted by Gasteiger charge is -2.26. The van der Waals surface area contributed by atoms with E-state index in [0.29, 0.717) is 36.3 Å². The normalized spacial score (nSPS) is 12.8. The second kappa shape index (κ2) is 8.79. The third-order valence-electron chi connectivity index (χ3n) is 5.97. The van der Waals surface area contributed by atoms with Crippen molar-refractivity contribution in [1.29, 1.82) is 0 Å². The van der Waals surface area contributed by atoms with Crippen molar-refractivity contribution in [3.63, 3.8) is 0 Å². The van der Waals surface area contributed by atoms with E-state index >= 15 is 0 Å². The van der Waals surface area contributed by atoms with Crippen molar-refractivity contribution in [2.45, 2.75) is 19.9 Å². The number of carbonyl (C=O) groups is 2. The molecule has 1 aliphatic heterocycles. The molecule has 2 amide bonds. The van der Waals surface area contributed by atoms with Crippen LogP contribution in [-0.4, -0.2) is 23.3 Å². The molecular formula is C28H24N2O3. The van der Waals surface area contributed by atoms with Crippen molar-refractivity contribution in [2.24, 2.45) is 0 Å². The van der Waals surface area contributed by atoms with Gasteiger partial charge in [0.05, 0.1) is 0 Å². The summed E-state index contributed by atoms with van der Waals surface area (Å²) in [5.74, 6) is 1.54. The van der Waals surface area contributed by atoms with E-state index in [0.717, 1.165) is 28.2 Å². The van der Waals surface area contributed by atoms with Gasteiger partial charge in [-0.1, -0.05) is 48.5 Å². The highest BCUT2D eigenvalue weighted by Gasteiger charge is 2.25. The molecule has 0 bridgehead atoms. The number of rotatable bonds is 4. The lowest BCUT2D eigenvalue weighted by atomic mass is 10.1. The smallest absolute Gasteiger partial charge is 0.255 e. The summed E-state index contributed by atoms with van der Waals surface area (Å²) in [6, 6.07) is 26.5. The molecule has 164 valence electrons. The van der Waals surface area contributed by atoms with Crippen LogP contribution >= 0.6 is 0 Å². The van der Waals surface area contributed by atoms with Crippen LogP contribution in [0, 0.1) is 6.92 Å². The lowest BCUT2D eigenvalue weighted by Crippen LogP contribution is -2.35. The van der Waals surface area contributed by atoms with Crippen molar-refractivity contribution >= 4 is 17.5 Å². The highest BCUT2D eigenvalue weighted by Crippen LogP contribution is 2.31. The third kappa shape index (κ3) is 4.30. The Balaban J connectivity index is 1.34. The maximum absolute atomic E-state index is 12.8. The maximum Gasteiger partial charge on any atom is 0.255 e. The van der Waals surface area contributed by atoms with Gasteiger partial charge in [-0.05, 0) is 48.9 Å². The minimum absolute atomic E-state index is 0.0323. The molecule has 0 atom stereocenters. The first kappa shape index (κ1) is 20.8. The molecule has 2 heterocycles. The van der Waals surface area contributed by atoms with Crippen LogP contribution in [0.1, 0.15) is 37.6 Å². The van der Waals surface area contributed by atoms with Gasteiger partial charge in [-0.25, -0.2) is 0 Å². The zero-order valence-electron chi connectivity index (χ0n) is 18.4. The zero-order valence-corrected chi connectivity index (χ0v) is 18.4. The SMILES string of the molecule is Cc1ccccc1C(=O)Nc1cccc(-c2cc3c(o2)CCN(C(=O)c2ccccc2)C3)c1. The van der Waals surface area contributed by atoms with Crippen molar-refractivity contribution in [3.05, 3.63) is 113 Å². The average Bonchev–Trinajstić information content (AvgIpc) is 3.28. The summed E-state index contributed by atoms with van der Waals surface area (Å²) < 4.78 is 6.14. The number of nitrogens with zero attached hydrogens (tertiary/aromatic N) is 1. The van der Waals surface area contributed by atoms with Crippen LogP contribution in [0.2, 0.25) is 0 Å². The number of carbonyl (C=O) groups excluding carboxylic acids is 2. The summed E-state index contributed by atoms with van der Waals surface area (Å²) in [7, 11) is 0. The van der Waals surface area contributed by atoms with Crippen LogP contribution in [0.5, 0.6) is 0 Å². The van der Waals surface area contributed by atoms with E-state index in [1.165, 1.54) is 0 Å². The number of aryl methyl sites for hydroxylation is 1. The van der Waals surface area contributed by atoms with Crippen molar-refractivity contribution < 1.29 is 14.0 Å². The van der Waals surface area contributed by atoms with E-state index in [-0.39, 0.29) is 11.8 Å². The van der Waals surface area contributed by atoms with Crippen LogP contribution in [0.3, 0.4) is 0 Å². The summed E-state index contributed by atoms with van der Waals surface area (Å²) in [6.07, 6.45) is 0.678. The van der Waals surface area contributed by atoms with Gasteiger partial charge >= 0.3 is 0 Å². The van der Waals surface area contributed by atoms with Gasteiger partial charge in [0.25, 0.3) is 11.8 Å². The number of anilines is 1. The Morgan fingerprint density at radius 3 is 2.52 bits per heavy atom. The summed E-state index contributed by atoms with van der Waals surface area (Å²) in [4.78, 5) is 27.4. The molecule has 5 heteroatoms. The minimum Gasteiger partial charge on any atom is -0.461 e. The van der Waals surface area contributed by atoms with E-state index in [2.05, 4.69) is 5.32 Å². The number of nitrogens with one attached hydrogen (secondary N) is 1. The van der Waals surface area contributed by atoms with Crippen LogP contribution in [0.4, 0.5) is 5.69 Å². The summed E-state index contributed by atoms with van der Waals surface area (Å²) in [5, 5.41) is 2.98. The number of hydrogen-bond donors (Lipinski definition) is 1. The molecular weight excluding hydrogens is 412 g/mol. The van der Waals surface area contributed by atoms with E-state index in [9.17, 15) is 9.59 Å². The first-order valence-corrected chi connectivity index (χ1v) is 11.0. The Bertz CT molecular complexity index is 1320. The van der Waals surface area contributed by atoms with E-state index in [4.69, 9.17) is 4.42 Å². The third-order valence-corrected chi connectivity index (χ3v) is 5.97. The highest BCUT2D eigenvalue weighted by atomic mass is 16.3. The molecule has 1 aromatic heterocycles. The first-order valence-electron chi connectivity index (χ1n) is 11.0. The molecule has 0 saturated carbocycles. The number of amides is 2. The van der Waals surface area contributed by atoms with Gasteiger partial charge in [-0.2, -0.15) is 0 Å². The Morgan fingerprint density at radius 1 is 0.909 bits per heavy atom. The second-order valence-corrected chi connectivity index (χ2v) is 8.25. The molecule has 3 aromatic carbocycles. The number of benzene rings is 3. The summed E-state index contributed by atoms with van der Waals surface area (Å²) in [6.45, 7) is 3.07. The Hall–Kier alpha value is -4.12. The van der Waals surface area contributed by atoms with Crippen molar-refractivity contribution in [1.82, 2.24) is 4.90 Å². The maximum atomic E-state index is 12.8. The average molecular weight is 437 g/mol. The fourth-order valence-electron chi connectivity index (χ4n) is 4.19. The Morgan fingerprint density at radius 2 is 1.70 bits per heavy atom. The monoisotopic (exact) mass is 436 g/mol. The molecule has 4 aromatic rings. The summed E-state index contributed by atoms with van der Waals surface area (Å²) >= 11 is 0. The quantitative estimate of drug-likeness (QED) is 0.446. The van der Waals surface area contributed by atoms with Crippen LogP contribution in [0.15, 0.2) is 89.3 Å². The largest absolute Gasteiger partial charge is 0.461 e.